The molecule has 0 amide bonds. The van der Waals surface area contributed by atoms with E-state index < -0.39 is 5.97 Å². The molecule has 0 radical (unpaired) electrons. The number of aromatic carboxylic acids is 1. The molecular formula is C9H8ClN3O3. The van der Waals surface area contributed by atoms with Gasteiger partial charge in [-0.15, -0.1) is 0 Å². The second kappa shape index (κ2) is 3.97. The second-order valence-electron chi connectivity index (χ2n) is 2.96. The molecule has 7 heteroatoms. The Morgan fingerprint density at radius 1 is 1.69 bits per heavy atom. The number of carboxylic acids is 1. The van der Waals surface area contributed by atoms with Gasteiger partial charge in [-0.25, -0.2) is 14.3 Å². The van der Waals surface area contributed by atoms with Crippen LogP contribution >= 0.6 is 11.6 Å². The molecule has 6 nitrogen and oxygen atoms in total. The fraction of sp³-hybridized carbons (Fsp3) is 0.222. The van der Waals surface area contributed by atoms with Gasteiger partial charge in [0, 0.05) is 6.07 Å². The van der Waals surface area contributed by atoms with Crippen molar-refractivity contribution in [2.24, 2.45) is 0 Å². The normalized spacial score (nSPS) is 10.6. The van der Waals surface area contributed by atoms with Gasteiger partial charge >= 0.3 is 5.97 Å². The van der Waals surface area contributed by atoms with Crippen molar-refractivity contribution in [3.8, 4) is 5.75 Å². The van der Waals surface area contributed by atoms with Gasteiger partial charge in [-0.3, -0.25) is 0 Å². The summed E-state index contributed by atoms with van der Waals surface area (Å²) in [6.07, 6.45) is 1.28. The van der Waals surface area contributed by atoms with Crippen LogP contribution < -0.4 is 4.74 Å². The molecule has 2 heterocycles. The summed E-state index contributed by atoms with van der Waals surface area (Å²) in [5, 5.41) is 12.9. The number of carboxylic acid groups (broad SMARTS) is 1. The maximum Gasteiger partial charge on any atom is 0.356 e. The van der Waals surface area contributed by atoms with Gasteiger partial charge in [0.1, 0.15) is 0 Å². The van der Waals surface area contributed by atoms with Crippen molar-refractivity contribution in [2.45, 2.75) is 6.92 Å². The number of ether oxygens (including phenoxy) is 1. The summed E-state index contributed by atoms with van der Waals surface area (Å²) in [5.74, 6) is -0.709. The minimum Gasteiger partial charge on any atom is -0.490 e. The Morgan fingerprint density at radius 3 is 3.06 bits per heavy atom. The van der Waals surface area contributed by atoms with Crippen LogP contribution in [0.4, 0.5) is 0 Å². The van der Waals surface area contributed by atoms with E-state index in [9.17, 15) is 4.79 Å². The predicted molar refractivity (Wildman–Crippen MR) is 56.1 cm³/mol. The summed E-state index contributed by atoms with van der Waals surface area (Å²) in [7, 11) is 0. The van der Waals surface area contributed by atoms with Gasteiger partial charge in [0.05, 0.1) is 12.8 Å². The molecule has 0 atom stereocenters. The Labute approximate surface area is 95.4 Å². The summed E-state index contributed by atoms with van der Waals surface area (Å²) >= 11 is 5.76. The third-order valence-corrected chi connectivity index (χ3v) is 2.07. The molecule has 0 saturated carbocycles. The Hall–Kier alpha value is -1.82. The lowest BCUT2D eigenvalue weighted by atomic mass is 10.5. The summed E-state index contributed by atoms with van der Waals surface area (Å²) in [4.78, 5) is 14.6. The van der Waals surface area contributed by atoms with E-state index in [0.717, 1.165) is 0 Å². The molecule has 0 bridgehead atoms. The zero-order valence-electron chi connectivity index (χ0n) is 8.35. The van der Waals surface area contributed by atoms with E-state index in [1.54, 1.807) is 0 Å². The number of fused-ring (bicyclic) bond motifs is 1. The van der Waals surface area contributed by atoms with Crippen molar-refractivity contribution < 1.29 is 14.6 Å². The fourth-order valence-electron chi connectivity index (χ4n) is 1.28. The van der Waals surface area contributed by atoms with Gasteiger partial charge < -0.3 is 9.84 Å². The molecule has 1 N–H and O–H groups in total. The van der Waals surface area contributed by atoms with Crippen LogP contribution in [0.3, 0.4) is 0 Å². The average Bonchev–Trinajstić information content (AvgIpc) is 2.61. The van der Waals surface area contributed by atoms with Crippen LogP contribution in [0.1, 0.15) is 17.4 Å². The molecular weight excluding hydrogens is 234 g/mol. The summed E-state index contributed by atoms with van der Waals surface area (Å²) in [6.45, 7) is 2.25. The maximum absolute atomic E-state index is 10.7. The van der Waals surface area contributed by atoms with Crippen molar-refractivity contribution in [1.29, 1.82) is 0 Å². The first-order valence-electron chi connectivity index (χ1n) is 4.54. The van der Waals surface area contributed by atoms with Crippen molar-refractivity contribution in [3.63, 3.8) is 0 Å². The average molecular weight is 242 g/mol. The molecule has 0 unspecified atom stereocenters. The highest BCUT2D eigenvalue weighted by Crippen LogP contribution is 2.21. The van der Waals surface area contributed by atoms with Crippen LogP contribution in [-0.4, -0.2) is 32.3 Å². The number of hydrogen-bond acceptors (Lipinski definition) is 4. The van der Waals surface area contributed by atoms with E-state index in [4.69, 9.17) is 21.4 Å². The summed E-state index contributed by atoms with van der Waals surface area (Å²) in [5.41, 5.74) is 0.236. The van der Waals surface area contributed by atoms with E-state index in [-0.39, 0.29) is 10.8 Å². The topological polar surface area (TPSA) is 76.7 Å². The first-order valence-corrected chi connectivity index (χ1v) is 4.91. The SMILES string of the molecule is CCOc1cc(Cl)nn2cc(C(=O)O)nc12. The van der Waals surface area contributed by atoms with E-state index in [1.807, 2.05) is 6.92 Å². The van der Waals surface area contributed by atoms with Gasteiger partial charge in [-0.05, 0) is 6.92 Å². The monoisotopic (exact) mass is 241 g/mol. The van der Waals surface area contributed by atoms with Crippen LogP contribution in [0.5, 0.6) is 5.75 Å². The Morgan fingerprint density at radius 2 is 2.44 bits per heavy atom. The number of hydrogen-bond donors (Lipinski definition) is 1. The van der Waals surface area contributed by atoms with Gasteiger partial charge in [0.25, 0.3) is 0 Å². The molecule has 0 fully saturated rings. The van der Waals surface area contributed by atoms with E-state index in [1.165, 1.54) is 16.8 Å². The molecule has 84 valence electrons. The molecule has 2 aromatic heterocycles. The molecule has 16 heavy (non-hydrogen) atoms. The Balaban J connectivity index is 2.65. The Bertz CT molecular complexity index is 552. The number of carbonyl (C=O) groups is 1. The molecule has 0 aliphatic heterocycles. The molecule has 0 saturated heterocycles. The van der Waals surface area contributed by atoms with Crippen LogP contribution in [-0.2, 0) is 0 Å². The lowest BCUT2D eigenvalue weighted by Crippen LogP contribution is -1.98. The summed E-state index contributed by atoms with van der Waals surface area (Å²) in [6, 6.07) is 1.50. The standard InChI is InChI=1S/C9H8ClN3O3/c1-2-16-6-3-7(10)12-13-4-5(9(14)15)11-8(6)13/h3-4H,2H2,1H3,(H,14,15). The molecule has 2 aromatic rings. The predicted octanol–water partition coefficient (Wildman–Crippen LogP) is 1.48. The fourth-order valence-corrected chi connectivity index (χ4v) is 1.47. The zero-order chi connectivity index (χ0) is 11.7. The van der Waals surface area contributed by atoms with Gasteiger partial charge in [0.15, 0.2) is 22.2 Å². The van der Waals surface area contributed by atoms with Crippen LogP contribution in [0.2, 0.25) is 5.15 Å². The smallest absolute Gasteiger partial charge is 0.356 e. The van der Waals surface area contributed by atoms with Crippen molar-refractivity contribution in [2.75, 3.05) is 6.61 Å². The van der Waals surface area contributed by atoms with Gasteiger partial charge in [-0.2, -0.15) is 5.10 Å². The molecule has 0 aromatic carbocycles. The number of imidazole rings is 1. The lowest BCUT2D eigenvalue weighted by molar-refractivity contribution is 0.0691. The van der Waals surface area contributed by atoms with Crippen LogP contribution in [0, 0.1) is 0 Å². The third-order valence-electron chi connectivity index (χ3n) is 1.88. The first-order chi connectivity index (χ1) is 7.61. The number of halogens is 1. The van der Waals surface area contributed by atoms with Crippen molar-refractivity contribution >= 4 is 23.2 Å². The van der Waals surface area contributed by atoms with E-state index in [0.29, 0.717) is 18.0 Å². The number of aromatic nitrogens is 3. The number of nitrogens with zero attached hydrogens (tertiary/aromatic N) is 3. The minimum atomic E-state index is -1.12. The largest absolute Gasteiger partial charge is 0.490 e. The van der Waals surface area contributed by atoms with E-state index in [2.05, 4.69) is 10.1 Å². The number of rotatable bonds is 3. The molecule has 0 spiro atoms. The highest BCUT2D eigenvalue weighted by atomic mass is 35.5. The maximum atomic E-state index is 10.7. The van der Waals surface area contributed by atoms with Crippen LogP contribution in [0.15, 0.2) is 12.3 Å². The van der Waals surface area contributed by atoms with Gasteiger partial charge in [0.2, 0.25) is 0 Å². The quantitative estimate of drug-likeness (QED) is 0.881. The first kappa shape index (κ1) is 10.7. The third kappa shape index (κ3) is 1.79. The van der Waals surface area contributed by atoms with Crippen molar-refractivity contribution in [1.82, 2.24) is 14.6 Å². The second-order valence-corrected chi connectivity index (χ2v) is 3.35. The zero-order valence-corrected chi connectivity index (χ0v) is 9.10. The van der Waals surface area contributed by atoms with Crippen molar-refractivity contribution in [3.05, 3.63) is 23.1 Å². The molecule has 2 rings (SSSR count). The lowest BCUT2D eigenvalue weighted by Gasteiger charge is -2.03. The molecule has 0 aliphatic carbocycles. The highest BCUT2D eigenvalue weighted by Gasteiger charge is 2.14. The van der Waals surface area contributed by atoms with Gasteiger partial charge in [-0.1, -0.05) is 11.6 Å². The molecule has 0 aliphatic rings. The Kier molecular flexibility index (Phi) is 2.66. The van der Waals surface area contributed by atoms with Crippen LogP contribution in [0.25, 0.3) is 5.65 Å². The summed E-state index contributed by atoms with van der Waals surface area (Å²) < 4.78 is 6.58. The highest BCUT2D eigenvalue weighted by molar-refractivity contribution is 6.29. The minimum absolute atomic E-state index is 0.101. The van der Waals surface area contributed by atoms with E-state index >= 15 is 0 Å².